The topological polar surface area (TPSA) is 96.3 Å². The Balaban J connectivity index is 2.76. The molecule has 0 bridgehead atoms. The maximum absolute atomic E-state index is 10.6. The summed E-state index contributed by atoms with van der Waals surface area (Å²) in [4.78, 5) is 13.0. The highest BCUT2D eigenvalue weighted by Gasteiger charge is 2.11. The van der Waals surface area contributed by atoms with E-state index in [2.05, 4.69) is 15.0 Å². The van der Waals surface area contributed by atoms with Crippen LogP contribution >= 0.6 is 11.6 Å². The number of nitrogens with zero attached hydrogens (tertiary/aromatic N) is 4. The predicted octanol–water partition coefficient (Wildman–Crippen LogP) is 0.157. The summed E-state index contributed by atoms with van der Waals surface area (Å²) in [5.74, 6) is 0.307. The van der Waals surface area contributed by atoms with Crippen LogP contribution in [0.15, 0.2) is 0 Å². The first kappa shape index (κ1) is 13.1. The van der Waals surface area contributed by atoms with E-state index in [1.807, 2.05) is 0 Å². The fourth-order valence-corrected chi connectivity index (χ4v) is 1.66. The molecule has 1 N–H and O–H groups in total. The van der Waals surface area contributed by atoms with Crippen molar-refractivity contribution >= 4 is 27.7 Å². The Morgan fingerprint density at radius 2 is 2.00 bits per heavy atom. The second-order valence-electron chi connectivity index (χ2n) is 3.16. The molecule has 90 valence electrons. The molecule has 0 saturated carbocycles. The van der Waals surface area contributed by atoms with Gasteiger partial charge in [-0.3, -0.25) is 4.55 Å². The lowest BCUT2D eigenvalue weighted by Crippen LogP contribution is -2.27. The van der Waals surface area contributed by atoms with Crippen molar-refractivity contribution in [2.75, 3.05) is 24.2 Å². The second-order valence-corrected chi connectivity index (χ2v) is 5.07. The minimum Gasteiger partial charge on any atom is -0.343 e. The first-order valence-electron chi connectivity index (χ1n) is 4.32. The van der Waals surface area contributed by atoms with E-state index in [1.54, 1.807) is 14.0 Å². The smallest absolute Gasteiger partial charge is 0.266 e. The van der Waals surface area contributed by atoms with Gasteiger partial charge >= 0.3 is 0 Å². The molecule has 7 nitrogen and oxygen atoms in total. The quantitative estimate of drug-likeness (QED) is 0.775. The zero-order valence-electron chi connectivity index (χ0n) is 8.75. The van der Waals surface area contributed by atoms with E-state index in [9.17, 15) is 8.42 Å². The van der Waals surface area contributed by atoms with Crippen LogP contribution in [-0.4, -0.2) is 47.3 Å². The van der Waals surface area contributed by atoms with Gasteiger partial charge in [0, 0.05) is 13.6 Å². The Morgan fingerprint density at radius 1 is 1.38 bits per heavy atom. The molecule has 9 heteroatoms. The molecule has 0 fully saturated rings. The van der Waals surface area contributed by atoms with Crippen LogP contribution in [-0.2, 0) is 10.1 Å². The van der Waals surface area contributed by atoms with Crippen molar-refractivity contribution in [2.24, 2.45) is 0 Å². The molecular formula is C7H11ClN4O3S. The molecular weight excluding hydrogens is 256 g/mol. The molecule has 1 rings (SSSR count). The van der Waals surface area contributed by atoms with Crippen LogP contribution < -0.4 is 4.90 Å². The van der Waals surface area contributed by atoms with E-state index in [0.717, 1.165) is 0 Å². The second kappa shape index (κ2) is 4.89. The third kappa shape index (κ3) is 4.25. The molecule has 0 aliphatic heterocycles. The summed E-state index contributed by atoms with van der Waals surface area (Å²) in [6.45, 7) is 1.71. The van der Waals surface area contributed by atoms with Crippen molar-refractivity contribution in [3.8, 4) is 0 Å². The van der Waals surface area contributed by atoms with E-state index in [4.69, 9.17) is 16.2 Å². The van der Waals surface area contributed by atoms with Crippen LogP contribution in [0, 0.1) is 6.92 Å². The van der Waals surface area contributed by atoms with E-state index in [-0.39, 0.29) is 17.8 Å². The van der Waals surface area contributed by atoms with Crippen LogP contribution in [0.5, 0.6) is 0 Å². The van der Waals surface area contributed by atoms with Crippen molar-refractivity contribution in [3.63, 3.8) is 0 Å². The Kier molecular flexibility index (Phi) is 4.00. The molecule has 0 atom stereocenters. The molecule has 0 saturated heterocycles. The molecule has 0 aliphatic carbocycles. The van der Waals surface area contributed by atoms with E-state index in [0.29, 0.717) is 5.82 Å². The number of rotatable bonds is 4. The summed E-state index contributed by atoms with van der Waals surface area (Å²) in [6.07, 6.45) is 0. The van der Waals surface area contributed by atoms with Gasteiger partial charge in [0.1, 0.15) is 5.82 Å². The average Bonchev–Trinajstić information content (AvgIpc) is 2.11. The third-order valence-electron chi connectivity index (χ3n) is 1.73. The first-order chi connectivity index (χ1) is 7.28. The summed E-state index contributed by atoms with van der Waals surface area (Å²) in [5, 5.41) is 0.0428. The molecule has 0 aromatic carbocycles. The lowest BCUT2D eigenvalue weighted by atomic mass is 10.6. The van der Waals surface area contributed by atoms with Crippen LogP contribution in [0.4, 0.5) is 5.95 Å². The molecule has 1 heterocycles. The van der Waals surface area contributed by atoms with Gasteiger partial charge in [-0.2, -0.15) is 18.4 Å². The van der Waals surface area contributed by atoms with Gasteiger partial charge in [-0.15, -0.1) is 0 Å². The number of halogens is 1. The highest BCUT2D eigenvalue weighted by atomic mass is 35.5. The van der Waals surface area contributed by atoms with Gasteiger partial charge in [-0.05, 0) is 18.5 Å². The van der Waals surface area contributed by atoms with Crippen LogP contribution in [0.2, 0.25) is 5.28 Å². The monoisotopic (exact) mass is 266 g/mol. The lowest BCUT2D eigenvalue weighted by molar-refractivity contribution is 0.483. The first-order valence-corrected chi connectivity index (χ1v) is 6.31. The zero-order valence-corrected chi connectivity index (χ0v) is 10.3. The molecule has 0 unspecified atom stereocenters. The summed E-state index contributed by atoms with van der Waals surface area (Å²) >= 11 is 5.63. The van der Waals surface area contributed by atoms with Crippen molar-refractivity contribution in [1.29, 1.82) is 0 Å². The third-order valence-corrected chi connectivity index (χ3v) is 2.60. The Bertz CT molecular complexity index is 458. The van der Waals surface area contributed by atoms with Gasteiger partial charge < -0.3 is 4.90 Å². The highest BCUT2D eigenvalue weighted by molar-refractivity contribution is 7.85. The molecule has 16 heavy (non-hydrogen) atoms. The number of hydrogen-bond acceptors (Lipinski definition) is 6. The average molecular weight is 267 g/mol. The molecule has 0 radical (unpaired) electrons. The van der Waals surface area contributed by atoms with Gasteiger partial charge in [0.05, 0.1) is 5.75 Å². The lowest BCUT2D eigenvalue weighted by Gasteiger charge is -2.15. The van der Waals surface area contributed by atoms with E-state index >= 15 is 0 Å². The Labute approximate surface area is 98.2 Å². The molecule has 0 amide bonds. The van der Waals surface area contributed by atoms with Crippen molar-refractivity contribution < 1.29 is 13.0 Å². The van der Waals surface area contributed by atoms with Crippen molar-refractivity contribution in [2.45, 2.75) is 6.92 Å². The highest BCUT2D eigenvalue weighted by Crippen LogP contribution is 2.08. The summed E-state index contributed by atoms with van der Waals surface area (Å²) in [7, 11) is -2.40. The van der Waals surface area contributed by atoms with Gasteiger partial charge in [-0.25, -0.2) is 4.98 Å². The van der Waals surface area contributed by atoms with Crippen molar-refractivity contribution in [1.82, 2.24) is 15.0 Å². The number of aryl methyl sites for hydroxylation is 1. The molecule has 1 aromatic heterocycles. The van der Waals surface area contributed by atoms with Gasteiger partial charge in [0.2, 0.25) is 11.2 Å². The summed E-state index contributed by atoms with van der Waals surface area (Å²) in [6, 6.07) is 0. The van der Waals surface area contributed by atoms with Crippen LogP contribution in [0.25, 0.3) is 0 Å². The number of hydrogen-bond donors (Lipinski definition) is 1. The Morgan fingerprint density at radius 3 is 2.50 bits per heavy atom. The van der Waals surface area contributed by atoms with E-state index < -0.39 is 15.9 Å². The maximum Gasteiger partial charge on any atom is 0.266 e. The van der Waals surface area contributed by atoms with Crippen molar-refractivity contribution in [3.05, 3.63) is 11.1 Å². The Hall–Kier alpha value is -0.990. The standard InChI is InChI=1S/C7H11ClN4O3S/c1-5-9-6(8)11-7(10-5)12(2)3-4-16(13,14)15/h3-4H2,1-2H3,(H,13,14,15). The largest absolute Gasteiger partial charge is 0.343 e. The number of aromatic nitrogens is 3. The number of anilines is 1. The fourth-order valence-electron chi connectivity index (χ4n) is 0.959. The molecule has 0 spiro atoms. The van der Waals surface area contributed by atoms with Gasteiger partial charge in [-0.1, -0.05) is 0 Å². The molecule has 1 aromatic rings. The summed E-state index contributed by atoms with van der Waals surface area (Å²) < 4.78 is 29.7. The minimum atomic E-state index is -3.99. The van der Waals surface area contributed by atoms with E-state index in [1.165, 1.54) is 4.90 Å². The predicted molar refractivity (Wildman–Crippen MR) is 59.3 cm³/mol. The normalized spacial score (nSPS) is 11.5. The van der Waals surface area contributed by atoms with Gasteiger partial charge in [0.25, 0.3) is 10.1 Å². The molecule has 0 aliphatic rings. The minimum absolute atomic E-state index is 0.0428. The SMILES string of the molecule is Cc1nc(Cl)nc(N(C)CCS(=O)(=O)O)n1. The van der Waals surface area contributed by atoms with Crippen LogP contribution in [0.1, 0.15) is 5.82 Å². The van der Waals surface area contributed by atoms with Gasteiger partial charge in [0.15, 0.2) is 0 Å². The maximum atomic E-state index is 10.6. The summed E-state index contributed by atoms with van der Waals surface area (Å²) in [5.41, 5.74) is 0. The fraction of sp³-hybridized carbons (Fsp3) is 0.571. The zero-order chi connectivity index (χ0) is 12.3. The van der Waals surface area contributed by atoms with Crippen LogP contribution in [0.3, 0.4) is 0 Å².